The van der Waals surface area contributed by atoms with E-state index in [4.69, 9.17) is 0 Å². The van der Waals surface area contributed by atoms with E-state index < -0.39 is 0 Å². The van der Waals surface area contributed by atoms with E-state index in [2.05, 4.69) is 52.9 Å². The fraction of sp³-hybridized carbons (Fsp3) is 0. The summed E-state index contributed by atoms with van der Waals surface area (Å²) in [6.07, 6.45) is 3.25. The van der Waals surface area contributed by atoms with E-state index in [0.717, 1.165) is 0 Å². The Labute approximate surface area is 95.0 Å². The van der Waals surface area contributed by atoms with Gasteiger partial charge in [-0.05, 0) is 16.8 Å². The summed E-state index contributed by atoms with van der Waals surface area (Å²) < 4.78 is 4.68. The van der Waals surface area contributed by atoms with Gasteiger partial charge >= 0.3 is 12.5 Å². The lowest BCUT2D eigenvalue weighted by molar-refractivity contribution is 0.550. The smallest absolute Gasteiger partial charge is 0.224 e. The lowest BCUT2D eigenvalue weighted by atomic mass is 10.1. The van der Waals surface area contributed by atoms with Gasteiger partial charge in [0, 0.05) is 12.1 Å². The maximum atomic E-state index is 4.68. The molecule has 78 valence electrons. The van der Waals surface area contributed by atoms with Crippen LogP contribution in [0.2, 0.25) is 0 Å². The van der Waals surface area contributed by atoms with Gasteiger partial charge in [-0.3, -0.25) is 0 Å². The zero-order chi connectivity index (χ0) is 11.1. The first-order chi connectivity index (χ1) is 7.97. The molecule has 0 spiro atoms. The molecule has 0 aliphatic heterocycles. The summed E-state index contributed by atoms with van der Waals surface area (Å²) in [7, 11) is 0. The third-order valence-corrected chi connectivity index (χ3v) is 2.20. The van der Waals surface area contributed by atoms with E-state index >= 15 is 0 Å². The van der Waals surface area contributed by atoms with Gasteiger partial charge < -0.3 is 0 Å². The van der Waals surface area contributed by atoms with Crippen molar-refractivity contribution in [1.82, 2.24) is 0 Å². The van der Waals surface area contributed by atoms with Crippen LogP contribution in [0.15, 0.2) is 83.7 Å². The van der Waals surface area contributed by atoms with E-state index in [1.165, 1.54) is 10.8 Å². The second-order valence-corrected chi connectivity index (χ2v) is 3.33. The van der Waals surface area contributed by atoms with Crippen LogP contribution < -0.4 is 0 Å². The summed E-state index contributed by atoms with van der Waals surface area (Å²) in [4.78, 5) is 0. The molecule has 0 fully saturated rings. The highest BCUT2D eigenvalue weighted by Gasteiger charge is 1.85. The SMILES string of the molecule is c1cc[o+]cc1.c1ccc2ccccc2c1. The lowest BCUT2D eigenvalue weighted by Crippen LogP contribution is -1.67. The molecule has 1 nitrogen and oxygen atoms in total. The maximum absolute atomic E-state index is 4.68. The van der Waals surface area contributed by atoms with Gasteiger partial charge in [-0.1, -0.05) is 48.5 Å². The topological polar surface area (TPSA) is 11.3 Å². The van der Waals surface area contributed by atoms with Crippen molar-refractivity contribution in [3.8, 4) is 0 Å². The molecule has 0 N–H and O–H groups in total. The second kappa shape index (κ2) is 5.66. The van der Waals surface area contributed by atoms with Crippen molar-refractivity contribution in [3.63, 3.8) is 0 Å². The minimum absolute atomic E-state index is 1.31. The molecule has 16 heavy (non-hydrogen) atoms. The van der Waals surface area contributed by atoms with Crippen molar-refractivity contribution >= 4 is 10.8 Å². The average Bonchev–Trinajstić information content (AvgIpc) is 2.42. The van der Waals surface area contributed by atoms with Crippen LogP contribution >= 0.6 is 0 Å². The molecular weight excluding hydrogens is 196 g/mol. The Morgan fingerprint density at radius 3 is 1.19 bits per heavy atom. The van der Waals surface area contributed by atoms with Crippen molar-refractivity contribution in [2.75, 3.05) is 0 Å². The maximum Gasteiger partial charge on any atom is 0.317 e. The largest absolute Gasteiger partial charge is 0.317 e. The summed E-state index contributed by atoms with van der Waals surface area (Å²) in [6.45, 7) is 0. The van der Waals surface area contributed by atoms with Crippen molar-refractivity contribution in [3.05, 3.63) is 79.3 Å². The summed E-state index contributed by atoms with van der Waals surface area (Å²) in [6, 6.07) is 22.3. The lowest BCUT2D eigenvalue weighted by Gasteiger charge is -1.92. The summed E-state index contributed by atoms with van der Waals surface area (Å²) >= 11 is 0. The number of rotatable bonds is 0. The van der Waals surface area contributed by atoms with Gasteiger partial charge in [-0.2, -0.15) is 0 Å². The van der Waals surface area contributed by atoms with Crippen LogP contribution in [0.1, 0.15) is 0 Å². The number of benzene rings is 2. The molecule has 0 aliphatic rings. The molecule has 0 amide bonds. The Bertz CT molecular complexity index is 440. The van der Waals surface area contributed by atoms with Crippen molar-refractivity contribution in [1.29, 1.82) is 0 Å². The molecule has 1 heteroatoms. The summed E-state index contributed by atoms with van der Waals surface area (Å²) in [5.41, 5.74) is 0. The Hall–Kier alpha value is -2.15. The normalized spacial score (nSPS) is 9.25. The van der Waals surface area contributed by atoms with Crippen molar-refractivity contribution in [2.24, 2.45) is 0 Å². The molecule has 1 aromatic heterocycles. The van der Waals surface area contributed by atoms with Gasteiger partial charge in [0.05, 0.1) is 0 Å². The molecule has 3 aromatic rings. The standard InChI is InChI=1S/C10H8.C5H5O/c1-2-6-10-8-4-3-7-9(10)5-1;1-2-4-6-5-3-1/h1-8H;1-5H/q;+1. The van der Waals surface area contributed by atoms with Gasteiger partial charge in [-0.25, -0.2) is 4.42 Å². The monoisotopic (exact) mass is 209 g/mol. The van der Waals surface area contributed by atoms with E-state index in [9.17, 15) is 0 Å². The van der Waals surface area contributed by atoms with Gasteiger partial charge in [0.15, 0.2) is 0 Å². The van der Waals surface area contributed by atoms with Gasteiger partial charge in [0.25, 0.3) is 0 Å². The Kier molecular flexibility index (Phi) is 3.67. The highest BCUT2D eigenvalue weighted by atomic mass is 16.3. The minimum Gasteiger partial charge on any atom is -0.224 e. The first-order valence-electron chi connectivity index (χ1n) is 5.21. The second-order valence-electron chi connectivity index (χ2n) is 3.33. The highest BCUT2D eigenvalue weighted by Crippen LogP contribution is 2.11. The van der Waals surface area contributed by atoms with Crippen LogP contribution in [0, 0.1) is 0 Å². The molecule has 0 atom stereocenters. The van der Waals surface area contributed by atoms with Crippen molar-refractivity contribution in [2.45, 2.75) is 0 Å². The third-order valence-electron chi connectivity index (χ3n) is 2.20. The van der Waals surface area contributed by atoms with Gasteiger partial charge in [-0.15, -0.1) is 0 Å². The van der Waals surface area contributed by atoms with Crippen LogP contribution in [-0.2, 0) is 0 Å². The number of hydrogen-bond acceptors (Lipinski definition) is 0. The third kappa shape index (κ3) is 2.92. The Morgan fingerprint density at radius 1 is 0.500 bits per heavy atom. The van der Waals surface area contributed by atoms with E-state index in [1.807, 2.05) is 18.2 Å². The molecular formula is C15H13O+. The van der Waals surface area contributed by atoms with E-state index in [0.29, 0.717) is 0 Å². The molecule has 0 saturated carbocycles. The predicted molar refractivity (Wildman–Crippen MR) is 67.1 cm³/mol. The van der Waals surface area contributed by atoms with Crippen LogP contribution in [0.4, 0.5) is 0 Å². The Balaban J connectivity index is 0.000000138. The fourth-order valence-corrected chi connectivity index (χ4v) is 1.42. The molecule has 1 heterocycles. The van der Waals surface area contributed by atoms with Crippen LogP contribution in [0.5, 0.6) is 0 Å². The Morgan fingerprint density at radius 2 is 0.938 bits per heavy atom. The van der Waals surface area contributed by atoms with E-state index in [1.54, 1.807) is 12.5 Å². The molecule has 0 aliphatic carbocycles. The first kappa shape index (κ1) is 10.4. The first-order valence-corrected chi connectivity index (χ1v) is 5.21. The quantitative estimate of drug-likeness (QED) is 0.499. The van der Waals surface area contributed by atoms with Crippen LogP contribution in [0.25, 0.3) is 10.8 Å². The summed E-state index contributed by atoms with van der Waals surface area (Å²) in [5, 5.41) is 2.62. The van der Waals surface area contributed by atoms with E-state index in [-0.39, 0.29) is 0 Å². The molecule has 0 unspecified atom stereocenters. The predicted octanol–water partition coefficient (Wildman–Crippen LogP) is 4.40. The zero-order valence-corrected chi connectivity index (χ0v) is 8.91. The number of hydrogen-bond donors (Lipinski definition) is 0. The van der Waals surface area contributed by atoms with Gasteiger partial charge in [0.2, 0.25) is 0 Å². The molecule has 2 aromatic carbocycles. The van der Waals surface area contributed by atoms with Gasteiger partial charge in [0.1, 0.15) is 0 Å². The fourth-order valence-electron chi connectivity index (χ4n) is 1.42. The number of fused-ring (bicyclic) bond motifs is 1. The van der Waals surface area contributed by atoms with Crippen molar-refractivity contribution < 1.29 is 4.42 Å². The molecule has 0 saturated heterocycles. The highest BCUT2D eigenvalue weighted by molar-refractivity contribution is 5.81. The minimum atomic E-state index is 1.31. The molecule has 0 bridgehead atoms. The molecule has 3 rings (SSSR count). The molecule has 0 radical (unpaired) electrons. The average molecular weight is 209 g/mol. The van der Waals surface area contributed by atoms with Crippen LogP contribution in [-0.4, -0.2) is 0 Å². The zero-order valence-electron chi connectivity index (χ0n) is 8.91. The summed E-state index contributed by atoms with van der Waals surface area (Å²) in [5.74, 6) is 0. The van der Waals surface area contributed by atoms with Crippen LogP contribution in [0.3, 0.4) is 0 Å².